The van der Waals surface area contributed by atoms with Gasteiger partial charge in [-0.25, -0.2) is 0 Å². The zero-order valence-corrected chi connectivity index (χ0v) is 10.7. The van der Waals surface area contributed by atoms with E-state index in [9.17, 15) is 4.79 Å². The van der Waals surface area contributed by atoms with Crippen molar-refractivity contribution < 1.29 is 4.79 Å². The normalized spacial score (nSPS) is 26.8. The molecule has 2 fully saturated rings. The fourth-order valence-electron chi connectivity index (χ4n) is 2.72. The molecule has 0 aromatic carbocycles. The minimum Gasteiger partial charge on any atom is -0.355 e. The molecular weight excluding hydrogens is 214 g/mol. The summed E-state index contributed by atoms with van der Waals surface area (Å²) in [4.78, 5) is 14.2. The number of hydrogen-bond acceptors (Lipinski definition) is 3. The molecule has 0 spiro atoms. The highest BCUT2D eigenvalue weighted by Crippen LogP contribution is 2.08. The van der Waals surface area contributed by atoms with Crippen molar-refractivity contribution in [3.05, 3.63) is 0 Å². The van der Waals surface area contributed by atoms with Gasteiger partial charge < -0.3 is 15.5 Å². The molecule has 17 heavy (non-hydrogen) atoms. The van der Waals surface area contributed by atoms with E-state index in [0.717, 1.165) is 38.8 Å². The predicted molar refractivity (Wildman–Crippen MR) is 68.9 cm³/mol. The van der Waals surface area contributed by atoms with Gasteiger partial charge in [-0.15, -0.1) is 0 Å². The summed E-state index contributed by atoms with van der Waals surface area (Å²) in [7, 11) is 0. The second-order valence-electron chi connectivity index (χ2n) is 5.20. The quantitative estimate of drug-likeness (QED) is 0.695. The average Bonchev–Trinajstić information content (AvgIpc) is 2.76. The van der Waals surface area contributed by atoms with Gasteiger partial charge in [-0.1, -0.05) is 0 Å². The molecule has 0 radical (unpaired) electrons. The molecule has 0 aromatic heterocycles. The Bertz CT molecular complexity index is 239. The standard InChI is InChI=1S/C13H25N3O/c17-13-12(6-1-2-7-15-13)14-8-5-11-16-9-3-4-10-16/h12,14H,1-11H2,(H,15,17). The van der Waals surface area contributed by atoms with Crippen molar-refractivity contribution in [2.75, 3.05) is 32.7 Å². The van der Waals surface area contributed by atoms with E-state index in [2.05, 4.69) is 15.5 Å². The van der Waals surface area contributed by atoms with Crippen LogP contribution in [-0.4, -0.2) is 49.6 Å². The third-order valence-corrected chi connectivity index (χ3v) is 3.78. The Hall–Kier alpha value is -0.610. The van der Waals surface area contributed by atoms with Crippen molar-refractivity contribution in [1.82, 2.24) is 15.5 Å². The van der Waals surface area contributed by atoms with E-state index in [1.807, 2.05) is 0 Å². The molecule has 2 aliphatic heterocycles. The van der Waals surface area contributed by atoms with Gasteiger partial charge in [0.2, 0.25) is 5.91 Å². The number of rotatable bonds is 5. The highest BCUT2D eigenvalue weighted by Gasteiger charge is 2.19. The zero-order chi connectivity index (χ0) is 11.9. The monoisotopic (exact) mass is 239 g/mol. The van der Waals surface area contributed by atoms with Crippen LogP contribution in [0.4, 0.5) is 0 Å². The highest BCUT2D eigenvalue weighted by molar-refractivity contribution is 5.81. The van der Waals surface area contributed by atoms with E-state index in [0.29, 0.717) is 0 Å². The van der Waals surface area contributed by atoms with E-state index in [1.54, 1.807) is 0 Å². The number of carbonyl (C=O) groups is 1. The Labute approximate surface area is 104 Å². The van der Waals surface area contributed by atoms with Gasteiger partial charge in [-0.3, -0.25) is 4.79 Å². The zero-order valence-electron chi connectivity index (χ0n) is 10.7. The van der Waals surface area contributed by atoms with Gasteiger partial charge in [0.05, 0.1) is 6.04 Å². The third kappa shape index (κ3) is 4.28. The van der Waals surface area contributed by atoms with Gasteiger partial charge in [-0.2, -0.15) is 0 Å². The molecule has 0 aromatic rings. The van der Waals surface area contributed by atoms with Crippen LogP contribution in [0.15, 0.2) is 0 Å². The van der Waals surface area contributed by atoms with Crippen LogP contribution < -0.4 is 10.6 Å². The van der Waals surface area contributed by atoms with Gasteiger partial charge in [0.15, 0.2) is 0 Å². The number of carbonyl (C=O) groups excluding carboxylic acids is 1. The molecule has 1 atom stereocenters. The predicted octanol–water partition coefficient (Wildman–Crippen LogP) is 0.731. The number of likely N-dealkylation sites (tertiary alicyclic amines) is 1. The molecular formula is C13H25N3O. The molecule has 4 nitrogen and oxygen atoms in total. The van der Waals surface area contributed by atoms with Crippen LogP contribution in [0, 0.1) is 0 Å². The summed E-state index contributed by atoms with van der Waals surface area (Å²) >= 11 is 0. The Balaban J connectivity index is 1.58. The van der Waals surface area contributed by atoms with Crippen LogP contribution >= 0.6 is 0 Å². The molecule has 98 valence electrons. The summed E-state index contributed by atoms with van der Waals surface area (Å²) < 4.78 is 0. The fraction of sp³-hybridized carbons (Fsp3) is 0.923. The second kappa shape index (κ2) is 6.97. The van der Waals surface area contributed by atoms with Crippen molar-refractivity contribution >= 4 is 5.91 Å². The number of hydrogen-bond donors (Lipinski definition) is 2. The largest absolute Gasteiger partial charge is 0.355 e. The maximum absolute atomic E-state index is 11.7. The Morgan fingerprint density at radius 2 is 2.06 bits per heavy atom. The summed E-state index contributed by atoms with van der Waals surface area (Å²) in [6.45, 7) is 5.54. The maximum Gasteiger partial charge on any atom is 0.237 e. The average molecular weight is 239 g/mol. The van der Waals surface area contributed by atoms with Gasteiger partial charge >= 0.3 is 0 Å². The summed E-state index contributed by atoms with van der Waals surface area (Å²) in [5.74, 6) is 0.198. The molecule has 1 unspecified atom stereocenters. The highest BCUT2D eigenvalue weighted by atomic mass is 16.2. The molecule has 1 amide bonds. The van der Waals surface area contributed by atoms with Crippen molar-refractivity contribution in [2.45, 2.75) is 44.6 Å². The SMILES string of the molecule is O=C1NCCCCC1NCCCN1CCCC1. The van der Waals surface area contributed by atoms with Crippen LogP contribution in [0.3, 0.4) is 0 Å². The summed E-state index contributed by atoms with van der Waals surface area (Å²) in [6, 6.07) is 0.0519. The first-order valence-corrected chi connectivity index (χ1v) is 7.10. The molecule has 4 heteroatoms. The van der Waals surface area contributed by atoms with Crippen molar-refractivity contribution in [3.8, 4) is 0 Å². The third-order valence-electron chi connectivity index (χ3n) is 3.78. The first-order valence-electron chi connectivity index (χ1n) is 7.10. The minimum atomic E-state index is 0.0519. The summed E-state index contributed by atoms with van der Waals surface area (Å²) in [5.41, 5.74) is 0. The minimum absolute atomic E-state index is 0.0519. The van der Waals surface area contributed by atoms with E-state index in [-0.39, 0.29) is 11.9 Å². The molecule has 0 saturated carbocycles. The molecule has 2 N–H and O–H groups in total. The van der Waals surface area contributed by atoms with E-state index >= 15 is 0 Å². The van der Waals surface area contributed by atoms with Crippen LogP contribution in [-0.2, 0) is 4.79 Å². The lowest BCUT2D eigenvalue weighted by molar-refractivity contribution is -0.122. The Morgan fingerprint density at radius 1 is 1.24 bits per heavy atom. The van der Waals surface area contributed by atoms with Crippen LogP contribution in [0.1, 0.15) is 38.5 Å². The maximum atomic E-state index is 11.7. The van der Waals surface area contributed by atoms with Crippen LogP contribution in [0.2, 0.25) is 0 Å². The van der Waals surface area contributed by atoms with E-state index in [1.165, 1.54) is 32.5 Å². The first-order chi connectivity index (χ1) is 8.36. The fourth-order valence-corrected chi connectivity index (χ4v) is 2.72. The van der Waals surface area contributed by atoms with Gasteiger partial charge in [0.1, 0.15) is 0 Å². The Kier molecular flexibility index (Phi) is 5.26. The van der Waals surface area contributed by atoms with Crippen molar-refractivity contribution in [1.29, 1.82) is 0 Å². The lowest BCUT2D eigenvalue weighted by atomic mass is 10.1. The lowest BCUT2D eigenvalue weighted by Gasteiger charge is -2.17. The smallest absolute Gasteiger partial charge is 0.237 e. The number of amides is 1. The van der Waals surface area contributed by atoms with Crippen LogP contribution in [0.25, 0.3) is 0 Å². The lowest BCUT2D eigenvalue weighted by Crippen LogP contribution is -2.43. The van der Waals surface area contributed by atoms with Crippen molar-refractivity contribution in [2.24, 2.45) is 0 Å². The van der Waals surface area contributed by atoms with Gasteiger partial charge in [0, 0.05) is 6.54 Å². The Morgan fingerprint density at radius 3 is 2.88 bits per heavy atom. The van der Waals surface area contributed by atoms with E-state index < -0.39 is 0 Å². The van der Waals surface area contributed by atoms with Crippen LogP contribution in [0.5, 0.6) is 0 Å². The molecule has 0 aliphatic carbocycles. The number of nitrogens with one attached hydrogen (secondary N) is 2. The first kappa shape index (κ1) is 12.8. The second-order valence-corrected chi connectivity index (χ2v) is 5.20. The topological polar surface area (TPSA) is 44.4 Å². The summed E-state index contributed by atoms with van der Waals surface area (Å²) in [5, 5.41) is 6.36. The van der Waals surface area contributed by atoms with Crippen molar-refractivity contribution in [3.63, 3.8) is 0 Å². The molecule has 0 bridgehead atoms. The van der Waals surface area contributed by atoms with E-state index in [4.69, 9.17) is 0 Å². The molecule has 2 rings (SSSR count). The summed E-state index contributed by atoms with van der Waals surface area (Å²) in [6.07, 6.45) is 7.15. The number of nitrogens with zero attached hydrogens (tertiary/aromatic N) is 1. The van der Waals surface area contributed by atoms with Gasteiger partial charge in [-0.05, 0) is 64.7 Å². The van der Waals surface area contributed by atoms with Gasteiger partial charge in [0.25, 0.3) is 0 Å². The molecule has 2 heterocycles. The molecule has 2 saturated heterocycles. The molecule has 2 aliphatic rings.